The molecule has 3 aliphatic rings. The summed E-state index contributed by atoms with van der Waals surface area (Å²) in [7, 11) is 0. The molecule has 0 aromatic carbocycles. The van der Waals surface area contributed by atoms with Crippen LogP contribution in [0.25, 0.3) is 0 Å². The molecule has 2 heteroatoms. The molecule has 2 nitrogen and oxygen atoms in total. The molecule has 2 heterocycles. The van der Waals surface area contributed by atoms with Crippen molar-refractivity contribution in [2.75, 3.05) is 6.54 Å². The Bertz CT molecular complexity index is 271. The van der Waals surface area contributed by atoms with Crippen molar-refractivity contribution in [3.8, 4) is 0 Å². The lowest BCUT2D eigenvalue weighted by molar-refractivity contribution is 0.0652. The van der Waals surface area contributed by atoms with Crippen LogP contribution in [0.2, 0.25) is 0 Å². The summed E-state index contributed by atoms with van der Waals surface area (Å²) >= 11 is 0. The van der Waals surface area contributed by atoms with E-state index in [0.29, 0.717) is 0 Å². The monoisotopic (exact) mass is 264 g/mol. The van der Waals surface area contributed by atoms with Crippen molar-refractivity contribution in [2.24, 2.45) is 5.92 Å². The molecule has 2 bridgehead atoms. The quantitative estimate of drug-likeness (QED) is 0.835. The van der Waals surface area contributed by atoms with Gasteiger partial charge in [-0.2, -0.15) is 0 Å². The van der Waals surface area contributed by atoms with Gasteiger partial charge in [0.15, 0.2) is 0 Å². The molecule has 0 aromatic rings. The molecule has 0 amide bonds. The zero-order valence-electron chi connectivity index (χ0n) is 12.9. The summed E-state index contributed by atoms with van der Waals surface area (Å²) in [5.41, 5.74) is 0. The van der Waals surface area contributed by atoms with Crippen molar-refractivity contribution in [3.05, 3.63) is 0 Å². The number of nitrogens with zero attached hydrogens (tertiary/aromatic N) is 1. The van der Waals surface area contributed by atoms with Gasteiger partial charge in [0.25, 0.3) is 0 Å². The van der Waals surface area contributed by atoms with E-state index in [1.165, 1.54) is 64.3 Å². The number of hydrogen-bond donors (Lipinski definition) is 1. The van der Waals surface area contributed by atoms with Crippen molar-refractivity contribution in [1.82, 2.24) is 10.2 Å². The summed E-state index contributed by atoms with van der Waals surface area (Å²) < 4.78 is 0. The van der Waals surface area contributed by atoms with E-state index < -0.39 is 0 Å². The molecule has 2 aliphatic heterocycles. The number of nitrogens with one attached hydrogen (secondary N) is 1. The smallest absolute Gasteiger partial charge is 0.0128 e. The Balaban J connectivity index is 1.63. The Kier molecular flexibility index (Phi) is 4.48. The van der Waals surface area contributed by atoms with Crippen LogP contribution in [0.5, 0.6) is 0 Å². The molecule has 0 radical (unpaired) electrons. The molecule has 2 atom stereocenters. The molecule has 3 fully saturated rings. The molecule has 1 N–H and O–H groups in total. The number of hydrogen-bond acceptors (Lipinski definition) is 2. The number of fused-ring (bicyclic) bond motifs is 2. The molecular weight excluding hydrogens is 232 g/mol. The van der Waals surface area contributed by atoms with Gasteiger partial charge in [-0.05, 0) is 70.3 Å². The largest absolute Gasteiger partial charge is 0.311 e. The molecule has 0 aromatic heterocycles. The van der Waals surface area contributed by atoms with Gasteiger partial charge in [0.1, 0.15) is 0 Å². The van der Waals surface area contributed by atoms with Gasteiger partial charge < -0.3 is 5.32 Å². The van der Waals surface area contributed by atoms with Gasteiger partial charge in [-0.1, -0.05) is 13.8 Å². The highest BCUT2D eigenvalue weighted by atomic mass is 15.2. The van der Waals surface area contributed by atoms with Crippen LogP contribution >= 0.6 is 0 Å². The first kappa shape index (κ1) is 13.9. The van der Waals surface area contributed by atoms with E-state index in [9.17, 15) is 0 Å². The fraction of sp³-hybridized carbons (Fsp3) is 1.00. The summed E-state index contributed by atoms with van der Waals surface area (Å²) in [6, 6.07) is 3.46. The Labute approximate surface area is 119 Å². The van der Waals surface area contributed by atoms with E-state index in [0.717, 1.165) is 30.1 Å². The zero-order chi connectivity index (χ0) is 13.2. The van der Waals surface area contributed by atoms with Crippen LogP contribution in [0.3, 0.4) is 0 Å². The summed E-state index contributed by atoms with van der Waals surface area (Å²) in [5.74, 6) is 0.976. The van der Waals surface area contributed by atoms with E-state index in [2.05, 4.69) is 24.1 Å². The summed E-state index contributed by atoms with van der Waals surface area (Å²) in [6.07, 6.45) is 12.9. The van der Waals surface area contributed by atoms with Crippen LogP contribution in [-0.2, 0) is 0 Å². The highest BCUT2D eigenvalue weighted by molar-refractivity contribution is 4.97. The Hall–Kier alpha value is -0.0800. The van der Waals surface area contributed by atoms with Crippen LogP contribution in [-0.4, -0.2) is 35.6 Å². The van der Waals surface area contributed by atoms with Gasteiger partial charge >= 0.3 is 0 Å². The zero-order valence-corrected chi connectivity index (χ0v) is 12.9. The topological polar surface area (TPSA) is 15.3 Å². The molecular formula is C17H32N2. The lowest BCUT2D eigenvalue weighted by Gasteiger charge is -2.44. The molecule has 110 valence electrons. The van der Waals surface area contributed by atoms with Gasteiger partial charge in [-0.3, -0.25) is 4.90 Å². The Morgan fingerprint density at radius 1 is 0.895 bits per heavy atom. The summed E-state index contributed by atoms with van der Waals surface area (Å²) in [4.78, 5) is 2.93. The van der Waals surface area contributed by atoms with Crippen molar-refractivity contribution in [3.63, 3.8) is 0 Å². The first-order valence-electron chi connectivity index (χ1n) is 8.78. The molecule has 2 saturated heterocycles. The minimum absolute atomic E-state index is 0.839. The standard InChI is InChI=1S/C17H32N2/c1-3-10-19(16-8-4-13(2)5-9-16)17-11-14-6-7-15(12-17)18-14/h13-18H,3-12H2,1-2H3. The van der Waals surface area contributed by atoms with Crippen LogP contribution in [0.15, 0.2) is 0 Å². The van der Waals surface area contributed by atoms with Crippen LogP contribution in [0.4, 0.5) is 0 Å². The van der Waals surface area contributed by atoms with Crippen LogP contribution < -0.4 is 5.32 Å². The minimum Gasteiger partial charge on any atom is -0.311 e. The first-order valence-corrected chi connectivity index (χ1v) is 8.78. The van der Waals surface area contributed by atoms with Crippen LogP contribution in [0, 0.1) is 5.92 Å². The lowest BCUT2D eigenvalue weighted by atomic mass is 9.85. The number of piperidine rings is 1. The second-order valence-corrected chi connectivity index (χ2v) is 7.41. The van der Waals surface area contributed by atoms with Crippen molar-refractivity contribution < 1.29 is 0 Å². The van der Waals surface area contributed by atoms with Gasteiger partial charge in [0, 0.05) is 24.2 Å². The van der Waals surface area contributed by atoms with Gasteiger partial charge in [-0.25, -0.2) is 0 Å². The second-order valence-electron chi connectivity index (χ2n) is 7.41. The maximum Gasteiger partial charge on any atom is 0.0128 e. The third kappa shape index (κ3) is 3.16. The highest BCUT2D eigenvalue weighted by Crippen LogP contribution is 2.34. The number of rotatable bonds is 4. The molecule has 3 rings (SSSR count). The molecule has 1 saturated carbocycles. The van der Waals surface area contributed by atoms with E-state index in [4.69, 9.17) is 0 Å². The predicted octanol–water partition coefficient (Wildman–Crippen LogP) is 3.56. The Morgan fingerprint density at radius 2 is 1.53 bits per heavy atom. The van der Waals surface area contributed by atoms with Gasteiger partial charge in [-0.15, -0.1) is 0 Å². The first-order chi connectivity index (χ1) is 9.26. The highest BCUT2D eigenvalue weighted by Gasteiger charge is 2.38. The second kappa shape index (κ2) is 6.13. The van der Waals surface area contributed by atoms with Gasteiger partial charge in [0.05, 0.1) is 0 Å². The summed E-state index contributed by atoms with van der Waals surface area (Å²) in [6.45, 7) is 6.13. The van der Waals surface area contributed by atoms with Crippen LogP contribution in [0.1, 0.15) is 71.6 Å². The summed E-state index contributed by atoms with van der Waals surface area (Å²) in [5, 5.41) is 3.80. The van der Waals surface area contributed by atoms with Crippen molar-refractivity contribution >= 4 is 0 Å². The average Bonchev–Trinajstić information content (AvgIpc) is 2.76. The molecule has 1 aliphatic carbocycles. The third-order valence-corrected chi connectivity index (χ3v) is 5.85. The fourth-order valence-electron chi connectivity index (χ4n) is 4.79. The lowest BCUT2D eigenvalue weighted by Crippen LogP contribution is -2.52. The molecule has 2 unspecified atom stereocenters. The van der Waals surface area contributed by atoms with Gasteiger partial charge in [0.2, 0.25) is 0 Å². The predicted molar refractivity (Wildman–Crippen MR) is 81.4 cm³/mol. The van der Waals surface area contributed by atoms with E-state index in [1.807, 2.05) is 0 Å². The molecule has 19 heavy (non-hydrogen) atoms. The van der Waals surface area contributed by atoms with E-state index in [-0.39, 0.29) is 0 Å². The van der Waals surface area contributed by atoms with Crippen molar-refractivity contribution in [1.29, 1.82) is 0 Å². The minimum atomic E-state index is 0.839. The maximum absolute atomic E-state index is 3.80. The van der Waals surface area contributed by atoms with E-state index in [1.54, 1.807) is 0 Å². The third-order valence-electron chi connectivity index (χ3n) is 5.85. The van der Waals surface area contributed by atoms with E-state index >= 15 is 0 Å². The fourth-order valence-corrected chi connectivity index (χ4v) is 4.79. The SMILES string of the molecule is CCCN(C1CCC(C)CC1)C1CC2CCC(C1)N2. The molecule has 0 spiro atoms. The normalized spacial score (nSPS) is 42.8. The maximum atomic E-state index is 3.80. The van der Waals surface area contributed by atoms with Crippen molar-refractivity contribution in [2.45, 2.75) is 95.8 Å². The Morgan fingerprint density at radius 3 is 2.11 bits per heavy atom. The average molecular weight is 264 g/mol.